The minimum absolute atomic E-state index is 0.730. The predicted molar refractivity (Wildman–Crippen MR) is 89.0 cm³/mol. The summed E-state index contributed by atoms with van der Waals surface area (Å²) in [6.45, 7) is 2.09. The topological polar surface area (TPSA) is 20.3 Å². The summed E-state index contributed by atoms with van der Waals surface area (Å²) in [5.74, 6) is 0. The second kappa shape index (κ2) is 6.86. The van der Waals surface area contributed by atoms with Gasteiger partial charge >= 0.3 is 0 Å². The first-order valence-corrected chi connectivity index (χ1v) is 8.26. The standard InChI is InChI=1S/C16H17NOS2/c1-12-6-4-5-7-15(12)17(2)20-16-10-14(19-3)9-8-13(16)11-18/h4-11H,1-3H3. The zero-order chi connectivity index (χ0) is 14.5. The number of thioether (sulfide) groups is 1. The van der Waals surface area contributed by atoms with E-state index in [0.29, 0.717) is 0 Å². The smallest absolute Gasteiger partial charge is 0.151 e. The molecule has 20 heavy (non-hydrogen) atoms. The lowest BCUT2D eigenvalue weighted by Crippen LogP contribution is -2.08. The molecule has 0 radical (unpaired) electrons. The summed E-state index contributed by atoms with van der Waals surface area (Å²) in [4.78, 5) is 13.3. The molecule has 0 N–H and O–H groups in total. The maximum atomic E-state index is 11.2. The minimum Gasteiger partial charge on any atom is -0.315 e. The largest absolute Gasteiger partial charge is 0.315 e. The number of carbonyl (C=O) groups is 1. The first kappa shape index (κ1) is 15.0. The van der Waals surface area contributed by atoms with Gasteiger partial charge in [0.25, 0.3) is 0 Å². The summed E-state index contributed by atoms with van der Waals surface area (Å²) in [5.41, 5.74) is 3.10. The highest BCUT2D eigenvalue weighted by Gasteiger charge is 2.10. The highest BCUT2D eigenvalue weighted by Crippen LogP contribution is 2.33. The first-order chi connectivity index (χ1) is 9.65. The monoisotopic (exact) mass is 303 g/mol. The number of hydrogen-bond acceptors (Lipinski definition) is 4. The van der Waals surface area contributed by atoms with Crippen LogP contribution in [0.3, 0.4) is 0 Å². The van der Waals surface area contributed by atoms with Gasteiger partial charge in [-0.15, -0.1) is 11.8 Å². The summed E-state index contributed by atoms with van der Waals surface area (Å²) in [7, 11) is 2.02. The summed E-state index contributed by atoms with van der Waals surface area (Å²) >= 11 is 3.26. The van der Waals surface area contributed by atoms with Crippen LogP contribution >= 0.6 is 23.7 Å². The Hall–Kier alpha value is -1.39. The van der Waals surface area contributed by atoms with E-state index in [1.165, 1.54) is 5.56 Å². The third kappa shape index (κ3) is 3.38. The quantitative estimate of drug-likeness (QED) is 0.454. The molecule has 104 valence electrons. The second-order valence-electron chi connectivity index (χ2n) is 4.40. The summed E-state index contributed by atoms with van der Waals surface area (Å²) in [6.07, 6.45) is 2.95. The average molecular weight is 303 g/mol. The van der Waals surface area contributed by atoms with Crippen molar-refractivity contribution < 1.29 is 4.79 Å². The van der Waals surface area contributed by atoms with E-state index >= 15 is 0 Å². The summed E-state index contributed by atoms with van der Waals surface area (Å²) in [6, 6.07) is 14.2. The molecule has 4 heteroatoms. The Bertz CT molecular complexity index is 613. The molecule has 2 aromatic rings. The van der Waals surface area contributed by atoms with Crippen molar-refractivity contribution in [2.24, 2.45) is 0 Å². The Morgan fingerprint density at radius 2 is 1.90 bits per heavy atom. The van der Waals surface area contributed by atoms with Gasteiger partial charge in [0.2, 0.25) is 0 Å². The zero-order valence-corrected chi connectivity index (χ0v) is 13.4. The molecule has 0 spiro atoms. The number of aldehydes is 1. The molecule has 2 aromatic carbocycles. The molecule has 2 nitrogen and oxygen atoms in total. The molecular weight excluding hydrogens is 286 g/mol. The Morgan fingerprint density at radius 3 is 2.55 bits per heavy atom. The molecule has 0 aliphatic heterocycles. The van der Waals surface area contributed by atoms with Gasteiger partial charge in [0.1, 0.15) is 0 Å². The number of anilines is 1. The van der Waals surface area contributed by atoms with Crippen molar-refractivity contribution in [1.29, 1.82) is 0 Å². The number of para-hydroxylation sites is 1. The molecule has 0 saturated heterocycles. The lowest BCUT2D eigenvalue weighted by molar-refractivity contribution is 0.112. The van der Waals surface area contributed by atoms with E-state index in [9.17, 15) is 4.79 Å². The molecule has 0 heterocycles. The van der Waals surface area contributed by atoms with Crippen LogP contribution in [0.1, 0.15) is 15.9 Å². The van der Waals surface area contributed by atoms with Crippen molar-refractivity contribution in [3.8, 4) is 0 Å². The predicted octanol–water partition coefficient (Wildman–Crippen LogP) is 4.67. The lowest BCUT2D eigenvalue weighted by Gasteiger charge is -2.20. The van der Waals surface area contributed by atoms with Crippen molar-refractivity contribution in [1.82, 2.24) is 0 Å². The fourth-order valence-electron chi connectivity index (χ4n) is 1.93. The number of hydrogen-bond donors (Lipinski definition) is 0. The van der Waals surface area contributed by atoms with Crippen LogP contribution in [0, 0.1) is 6.92 Å². The SMILES string of the molecule is CSc1ccc(C=O)c(SN(C)c2ccccc2C)c1. The van der Waals surface area contributed by atoms with Crippen molar-refractivity contribution in [2.75, 3.05) is 17.6 Å². The maximum Gasteiger partial charge on any atom is 0.151 e. The molecule has 0 bridgehead atoms. The van der Waals surface area contributed by atoms with E-state index < -0.39 is 0 Å². The van der Waals surface area contributed by atoms with E-state index in [1.54, 1.807) is 23.7 Å². The fraction of sp³-hybridized carbons (Fsp3) is 0.188. The van der Waals surface area contributed by atoms with Crippen molar-refractivity contribution in [3.05, 3.63) is 53.6 Å². The van der Waals surface area contributed by atoms with E-state index in [2.05, 4.69) is 29.4 Å². The molecular formula is C16H17NOS2. The molecule has 0 saturated carbocycles. The van der Waals surface area contributed by atoms with Crippen LogP contribution in [-0.4, -0.2) is 19.6 Å². The van der Waals surface area contributed by atoms with Crippen LogP contribution in [0.2, 0.25) is 0 Å². The van der Waals surface area contributed by atoms with Crippen LogP contribution < -0.4 is 4.31 Å². The molecule has 0 atom stereocenters. The van der Waals surface area contributed by atoms with E-state index in [4.69, 9.17) is 0 Å². The third-order valence-corrected chi connectivity index (χ3v) is 4.78. The summed E-state index contributed by atoms with van der Waals surface area (Å²) in [5, 5.41) is 0. The normalized spacial score (nSPS) is 10.3. The Morgan fingerprint density at radius 1 is 1.15 bits per heavy atom. The van der Waals surface area contributed by atoms with Crippen molar-refractivity contribution in [2.45, 2.75) is 16.7 Å². The molecule has 0 aliphatic rings. The fourth-order valence-corrected chi connectivity index (χ4v) is 3.45. The van der Waals surface area contributed by atoms with Gasteiger partial charge in [0.05, 0.1) is 0 Å². The van der Waals surface area contributed by atoms with E-state index in [0.717, 1.165) is 27.3 Å². The van der Waals surface area contributed by atoms with Crippen LogP contribution in [0.4, 0.5) is 5.69 Å². The lowest BCUT2D eigenvalue weighted by atomic mass is 10.2. The molecule has 2 rings (SSSR count). The highest BCUT2D eigenvalue weighted by atomic mass is 32.2. The highest BCUT2D eigenvalue weighted by molar-refractivity contribution is 8.01. The van der Waals surface area contributed by atoms with E-state index in [1.807, 2.05) is 37.6 Å². The van der Waals surface area contributed by atoms with Gasteiger partial charge in [-0.2, -0.15) is 0 Å². The van der Waals surface area contributed by atoms with Gasteiger partial charge in [0, 0.05) is 28.1 Å². The first-order valence-electron chi connectivity index (χ1n) is 6.26. The van der Waals surface area contributed by atoms with Crippen molar-refractivity contribution in [3.63, 3.8) is 0 Å². The van der Waals surface area contributed by atoms with Gasteiger partial charge < -0.3 is 4.31 Å². The number of rotatable bonds is 5. The molecule has 0 amide bonds. The van der Waals surface area contributed by atoms with Gasteiger partial charge in [0.15, 0.2) is 6.29 Å². The number of carbonyl (C=O) groups excluding carboxylic acids is 1. The van der Waals surface area contributed by atoms with Crippen LogP contribution in [0.15, 0.2) is 52.3 Å². The Balaban J connectivity index is 2.29. The molecule has 0 aromatic heterocycles. The molecule has 0 aliphatic carbocycles. The molecule has 0 unspecified atom stereocenters. The van der Waals surface area contributed by atoms with Crippen LogP contribution in [-0.2, 0) is 0 Å². The van der Waals surface area contributed by atoms with Gasteiger partial charge in [-0.3, -0.25) is 4.79 Å². The molecule has 0 fully saturated rings. The third-order valence-electron chi connectivity index (χ3n) is 3.04. The van der Waals surface area contributed by atoms with Crippen molar-refractivity contribution >= 4 is 35.7 Å². The van der Waals surface area contributed by atoms with Crippen LogP contribution in [0.5, 0.6) is 0 Å². The van der Waals surface area contributed by atoms with Crippen LogP contribution in [0.25, 0.3) is 0 Å². The number of benzene rings is 2. The number of nitrogens with zero attached hydrogens (tertiary/aromatic N) is 1. The Labute approximate surface area is 128 Å². The van der Waals surface area contributed by atoms with Gasteiger partial charge in [-0.1, -0.05) is 18.2 Å². The number of aryl methyl sites for hydroxylation is 1. The average Bonchev–Trinajstić information content (AvgIpc) is 2.47. The summed E-state index contributed by atoms with van der Waals surface area (Å²) < 4.78 is 2.10. The maximum absolute atomic E-state index is 11.2. The van der Waals surface area contributed by atoms with E-state index in [-0.39, 0.29) is 0 Å². The zero-order valence-electron chi connectivity index (χ0n) is 11.8. The Kier molecular flexibility index (Phi) is 5.15. The van der Waals surface area contributed by atoms with Gasteiger partial charge in [-0.25, -0.2) is 0 Å². The minimum atomic E-state index is 0.730. The van der Waals surface area contributed by atoms with Gasteiger partial charge in [-0.05, 0) is 55.0 Å². The second-order valence-corrected chi connectivity index (χ2v) is 6.45.